The lowest BCUT2D eigenvalue weighted by atomic mass is 10.2. The molecule has 2 aromatic rings. The lowest BCUT2D eigenvalue weighted by Crippen LogP contribution is -2.04. The van der Waals surface area contributed by atoms with Gasteiger partial charge in [0.1, 0.15) is 23.1 Å². The zero-order valence-electron chi connectivity index (χ0n) is 11.2. The molecule has 5 heteroatoms. The summed E-state index contributed by atoms with van der Waals surface area (Å²) in [6.07, 6.45) is 0. The highest BCUT2D eigenvalue weighted by Gasteiger charge is 2.07. The molecule has 3 nitrogen and oxygen atoms in total. The predicted molar refractivity (Wildman–Crippen MR) is 73.2 cm³/mol. The van der Waals surface area contributed by atoms with Gasteiger partial charge in [-0.2, -0.15) is 0 Å². The second-order valence-corrected chi connectivity index (χ2v) is 4.16. The highest BCUT2D eigenvalue weighted by molar-refractivity contribution is 5.59. The number of halogens is 2. The Bertz CT molecular complexity index is 602. The number of anilines is 1. The van der Waals surface area contributed by atoms with E-state index in [2.05, 4.69) is 5.32 Å². The molecule has 20 heavy (non-hydrogen) atoms. The highest BCUT2D eigenvalue weighted by atomic mass is 19.1. The van der Waals surface area contributed by atoms with Gasteiger partial charge in [-0.05, 0) is 30.3 Å². The Hall–Kier alpha value is -2.30. The summed E-state index contributed by atoms with van der Waals surface area (Å²) < 4.78 is 37.0. The number of ether oxygens (including phenoxy) is 2. The maximum Gasteiger partial charge on any atom is 0.142 e. The normalized spacial score (nSPS) is 10.2. The van der Waals surface area contributed by atoms with E-state index in [0.29, 0.717) is 17.2 Å². The molecule has 0 amide bonds. The molecule has 0 spiro atoms. The van der Waals surface area contributed by atoms with Crippen molar-refractivity contribution in [2.45, 2.75) is 6.54 Å². The zero-order valence-corrected chi connectivity index (χ0v) is 11.2. The first kappa shape index (κ1) is 14.1. The summed E-state index contributed by atoms with van der Waals surface area (Å²) in [6.45, 7) is 0.146. The third-order valence-corrected chi connectivity index (χ3v) is 2.88. The minimum absolute atomic E-state index is 0.146. The van der Waals surface area contributed by atoms with E-state index < -0.39 is 11.6 Å². The van der Waals surface area contributed by atoms with Crippen molar-refractivity contribution in [3.05, 3.63) is 53.6 Å². The largest absolute Gasteiger partial charge is 0.497 e. The van der Waals surface area contributed by atoms with Gasteiger partial charge in [0, 0.05) is 18.2 Å². The van der Waals surface area contributed by atoms with Crippen LogP contribution in [0.2, 0.25) is 0 Å². The molecule has 0 bridgehead atoms. The maximum absolute atomic E-state index is 13.5. The van der Waals surface area contributed by atoms with Gasteiger partial charge in [-0.15, -0.1) is 0 Å². The van der Waals surface area contributed by atoms with Crippen LogP contribution in [0.15, 0.2) is 36.4 Å². The van der Waals surface area contributed by atoms with E-state index in [-0.39, 0.29) is 12.1 Å². The summed E-state index contributed by atoms with van der Waals surface area (Å²) in [4.78, 5) is 0. The predicted octanol–water partition coefficient (Wildman–Crippen LogP) is 3.59. The lowest BCUT2D eigenvalue weighted by Gasteiger charge is -2.13. The van der Waals surface area contributed by atoms with Crippen molar-refractivity contribution in [1.29, 1.82) is 0 Å². The van der Waals surface area contributed by atoms with Crippen LogP contribution in [0.5, 0.6) is 11.5 Å². The van der Waals surface area contributed by atoms with E-state index in [1.165, 1.54) is 7.11 Å². The van der Waals surface area contributed by atoms with Crippen molar-refractivity contribution in [2.24, 2.45) is 0 Å². The molecule has 0 fully saturated rings. The molecule has 0 aliphatic rings. The number of methoxy groups -OCH3 is 2. The van der Waals surface area contributed by atoms with Gasteiger partial charge in [0.2, 0.25) is 0 Å². The molecular weight excluding hydrogens is 264 g/mol. The first-order valence-electron chi connectivity index (χ1n) is 6.04. The molecule has 0 saturated heterocycles. The van der Waals surface area contributed by atoms with Gasteiger partial charge in [-0.3, -0.25) is 0 Å². The number of hydrogen-bond acceptors (Lipinski definition) is 3. The van der Waals surface area contributed by atoms with Crippen LogP contribution in [0.25, 0.3) is 0 Å². The van der Waals surface area contributed by atoms with Gasteiger partial charge in [0.15, 0.2) is 0 Å². The van der Waals surface area contributed by atoms with E-state index in [1.54, 1.807) is 25.3 Å². The van der Waals surface area contributed by atoms with Crippen molar-refractivity contribution in [1.82, 2.24) is 0 Å². The first-order chi connectivity index (χ1) is 9.63. The zero-order chi connectivity index (χ0) is 14.5. The van der Waals surface area contributed by atoms with Gasteiger partial charge in [0.25, 0.3) is 0 Å². The molecule has 2 rings (SSSR count). The minimum Gasteiger partial charge on any atom is -0.497 e. The Labute approximate surface area is 116 Å². The van der Waals surface area contributed by atoms with Crippen LogP contribution in [-0.2, 0) is 6.54 Å². The summed E-state index contributed by atoms with van der Waals surface area (Å²) in [7, 11) is 3.09. The first-order valence-corrected chi connectivity index (χ1v) is 6.04. The Morgan fingerprint density at radius 1 is 1.00 bits per heavy atom. The summed E-state index contributed by atoms with van der Waals surface area (Å²) >= 11 is 0. The third kappa shape index (κ3) is 3.17. The Kier molecular flexibility index (Phi) is 4.40. The second kappa shape index (κ2) is 6.23. The molecule has 106 valence electrons. The summed E-state index contributed by atoms with van der Waals surface area (Å²) in [5.74, 6) is 0.317. The topological polar surface area (TPSA) is 30.5 Å². The van der Waals surface area contributed by atoms with E-state index in [4.69, 9.17) is 9.47 Å². The molecule has 1 N–H and O–H groups in total. The van der Waals surface area contributed by atoms with Gasteiger partial charge in [-0.1, -0.05) is 0 Å². The lowest BCUT2D eigenvalue weighted by molar-refractivity contribution is 0.404. The molecule has 0 heterocycles. The quantitative estimate of drug-likeness (QED) is 0.907. The van der Waals surface area contributed by atoms with E-state index in [9.17, 15) is 8.78 Å². The van der Waals surface area contributed by atoms with Crippen molar-refractivity contribution in [2.75, 3.05) is 19.5 Å². The SMILES string of the molecule is COc1ccc(OC)c(NCc2cc(F)ccc2F)c1. The van der Waals surface area contributed by atoms with Crippen molar-refractivity contribution >= 4 is 5.69 Å². The number of nitrogens with one attached hydrogen (secondary N) is 1. The van der Waals surface area contributed by atoms with Gasteiger partial charge in [0.05, 0.1) is 19.9 Å². The van der Waals surface area contributed by atoms with Crippen LogP contribution in [-0.4, -0.2) is 14.2 Å². The second-order valence-electron chi connectivity index (χ2n) is 4.16. The monoisotopic (exact) mass is 279 g/mol. The van der Waals surface area contributed by atoms with Crippen molar-refractivity contribution in [3.8, 4) is 11.5 Å². The number of rotatable bonds is 5. The van der Waals surface area contributed by atoms with E-state index >= 15 is 0 Å². The Morgan fingerprint density at radius 3 is 2.50 bits per heavy atom. The van der Waals surface area contributed by atoms with Crippen LogP contribution in [0.1, 0.15) is 5.56 Å². The molecule has 2 aromatic carbocycles. The van der Waals surface area contributed by atoms with E-state index in [1.807, 2.05) is 0 Å². The summed E-state index contributed by atoms with van der Waals surface area (Å²) in [5, 5.41) is 3.01. The highest BCUT2D eigenvalue weighted by Crippen LogP contribution is 2.29. The van der Waals surface area contributed by atoms with Crippen molar-refractivity contribution in [3.63, 3.8) is 0 Å². The maximum atomic E-state index is 13.5. The molecule has 0 radical (unpaired) electrons. The van der Waals surface area contributed by atoms with Crippen LogP contribution < -0.4 is 14.8 Å². The van der Waals surface area contributed by atoms with Gasteiger partial charge >= 0.3 is 0 Å². The van der Waals surface area contributed by atoms with Crippen LogP contribution >= 0.6 is 0 Å². The average Bonchev–Trinajstić information content (AvgIpc) is 2.47. The van der Waals surface area contributed by atoms with Gasteiger partial charge < -0.3 is 14.8 Å². The molecule has 0 aliphatic heterocycles. The molecule has 0 saturated carbocycles. The Balaban J connectivity index is 2.19. The summed E-state index contributed by atoms with van der Waals surface area (Å²) in [6, 6.07) is 8.58. The van der Waals surface area contributed by atoms with E-state index in [0.717, 1.165) is 18.2 Å². The fourth-order valence-electron chi connectivity index (χ4n) is 1.82. The standard InChI is InChI=1S/C15H15F2NO2/c1-19-12-4-6-15(20-2)14(8-12)18-9-10-7-11(16)3-5-13(10)17/h3-8,18H,9H2,1-2H3. The molecule has 0 atom stereocenters. The fourth-order valence-corrected chi connectivity index (χ4v) is 1.82. The van der Waals surface area contributed by atoms with Crippen LogP contribution in [0.3, 0.4) is 0 Å². The summed E-state index contributed by atoms with van der Waals surface area (Å²) in [5.41, 5.74) is 0.894. The third-order valence-electron chi connectivity index (χ3n) is 2.88. The van der Waals surface area contributed by atoms with Crippen molar-refractivity contribution < 1.29 is 18.3 Å². The fraction of sp³-hybridized carbons (Fsp3) is 0.200. The van der Waals surface area contributed by atoms with Crippen LogP contribution in [0.4, 0.5) is 14.5 Å². The van der Waals surface area contributed by atoms with Crippen LogP contribution in [0, 0.1) is 11.6 Å². The number of hydrogen-bond donors (Lipinski definition) is 1. The molecule has 0 aliphatic carbocycles. The smallest absolute Gasteiger partial charge is 0.142 e. The molecule has 0 aromatic heterocycles. The molecule has 0 unspecified atom stereocenters. The molecular formula is C15H15F2NO2. The number of benzene rings is 2. The average molecular weight is 279 g/mol. The minimum atomic E-state index is -0.471. The Morgan fingerprint density at radius 2 is 1.80 bits per heavy atom. The van der Waals surface area contributed by atoms with Gasteiger partial charge in [-0.25, -0.2) is 8.78 Å².